The van der Waals surface area contributed by atoms with Crippen molar-refractivity contribution in [2.45, 2.75) is 52.4 Å². The molecule has 2 atom stereocenters. The minimum atomic E-state index is -2.70. The van der Waals surface area contributed by atoms with Crippen molar-refractivity contribution < 1.29 is 32.7 Å². The molecule has 0 aliphatic rings. The van der Waals surface area contributed by atoms with Gasteiger partial charge in [-0.15, -0.1) is 0 Å². The highest BCUT2D eigenvalue weighted by atomic mass is 31.3. The van der Waals surface area contributed by atoms with E-state index in [0.717, 1.165) is 25.2 Å². The number of unbranched alkanes of at least 4 members (excludes halogenated alkanes) is 4. The third-order valence-corrected chi connectivity index (χ3v) is 5.07. The van der Waals surface area contributed by atoms with Gasteiger partial charge in [0.15, 0.2) is 0 Å². The molecule has 0 spiro atoms. The van der Waals surface area contributed by atoms with Crippen molar-refractivity contribution in [1.82, 2.24) is 0 Å². The fourth-order valence-corrected chi connectivity index (χ4v) is 3.33. The van der Waals surface area contributed by atoms with Gasteiger partial charge in [-0.05, 0) is 12.3 Å². The van der Waals surface area contributed by atoms with Crippen LogP contribution >= 0.6 is 25.8 Å². The van der Waals surface area contributed by atoms with Crippen molar-refractivity contribution in [3.8, 4) is 0 Å². The van der Waals surface area contributed by atoms with E-state index in [4.69, 9.17) is 19.2 Å². The smallest absolute Gasteiger partial charge is 0.328 e. The molecule has 122 valence electrons. The van der Waals surface area contributed by atoms with Gasteiger partial charge in [-0.25, -0.2) is 8.62 Å². The molecular weight excluding hydrogens is 325 g/mol. The second-order valence-electron chi connectivity index (χ2n) is 4.68. The predicted molar refractivity (Wildman–Crippen MR) is 80.3 cm³/mol. The van der Waals surface area contributed by atoms with E-state index in [1.165, 1.54) is 19.3 Å². The lowest BCUT2D eigenvalue weighted by Crippen LogP contribution is -1.92. The number of hydrogen-bond donors (Lipinski definition) is 4. The van der Waals surface area contributed by atoms with Crippen LogP contribution in [0.25, 0.3) is 0 Å². The van der Waals surface area contributed by atoms with Gasteiger partial charge in [0.25, 0.3) is 0 Å². The first-order valence-corrected chi connectivity index (χ1v) is 9.99. The fraction of sp³-hybridized carbons (Fsp3) is 1.00. The van der Waals surface area contributed by atoms with Crippen molar-refractivity contribution >= 4 is 25.8 Å². The summed E-state index contributed by atoms with van der Waals surface area (Å²) >= 11 is 0. The summed E-state index contributed by atoms with van der Waals surface area (Å²) in [5.41, 5.74) is 0. The molecular formula is C10H25O7P3. The summed E-state index contributed by atoms with van der Waals surface area (Å²) in [6.07, 6.45) is 6.66. The predicted octanol–water partition coefficient (Wildman–Crippen LogP) is 3.68. The highest BCUT2D eigenvalue weighted by Crippen LogP contribution is 2.55. The van der Waals surface area contributed by atoms with Gasteiger partial charge in [0.1, 0.15) is 0 Å². The van der Waals surface area contributed by atoms with Gasteiger partial charge in [-0.2, -0.15) is 0 Å². The zero-order valence-electron chi connectivity index (χ0n) is 11.9. The van der Waals surface area contributed by atoms with Crippen LogP contribution in [0, 0.1) is 5.92 Å². The zero-order valence-corrected chi connectivity index (χ0v) is 14.6. The van der Waals surface area contributed by atoms with Crippen molar-refractivity contribution in [3.05, 3.63) is 0 Å². The fourth-order valence-electron chi connectivity index (χ4n) is 1.49. The molecule has 0 heterocycles. The molecule has 0 aromatic heterocycles. The normalized spacial score (nSPS) is 15.0. The first-order valence-electron chi connectivity index (χ1n) is 6.56. The Labute approximate surface area is 124 Å². The topological polar surface area (TPSA) is 109 Å². The van der Waals surface area contributed by atoms with Crippen LogP contribution in [0.3, 0.4) is 0 Å². The van der Waals surface area contributed by atoms with Gasteiger partial charge in [-0.1, -0.05) is 46.0 Å². The monoisotopic (exact) mass is 350 g/mol. The Balaban J connectivity index is 3.33. The maximum atomic E-state index is 9.27. The first kappa shape index (κ1) is 21.0. The van der Waals surface area contributed by atoms with Crippen molar-refractivity contribution in [3.63, 3.8) is 0 Å². The van der Waals surface area contributed by atoms with Gasteiger partial charge in [0.2, 0.25) is 0 Å². The molecule has 10 heteroatoms. The second kappa shape index (κ2) is 13.7. The number of hydrogen-bond acceptors (Lipinski definition) is 7. The van der Waals surface area contributed by atoms with E-state index in [0.29, 0.717) is 6.61 Å². The maximum absolute atomic E-state index is 9.27. The number of rotatable bonds is 13. The van der Waals surface area contributed by atoms with Crippen LogP contribution < -0.4 is 0 Å². The van der Waals surface area contributed by atoms with Crippen molar-refractivity contribution in [2.75, 3.05) is 6.61 Å². The summed E-state index contributed by atoms with van der Waals surface area (Å²) in [6, 6.07) is 0. The molecule has 0 bridgehead atoms. The summed E-state index contributed by atoms with van der Waals surface area (Å²) in [6.45, 7) is 4.77. The zero-order chi connectivity index (χ0) is 15.4. The quantitative estimate of drug-likeness (QED) is 0.296. The molecule has 0 aliphatic heterocycles. The van der Waals surface area contributed by atoms with Gasteiger partial charge in [0, 0.05) is 0 Å². The van der Waals surface area contributed by atoms with E-state index in [9.17, 15) is 4.89 Å². The van der Waals surface area contributed by atoms with Crippen molar-refractivity contribution in [1.29, 1.82) is 0 Å². The molecule has 0 saturated heterocycles. The van der Waals surface area contributed by atoms with Crippen LogP contribution in [0.2, 0.25) is 0 Å². The van der Waals surface area contributed by atoms with Gasteiger partial charge >= 0.3 is 25.8 Å². The molecule has 0 aromatic rings. The molecule has 20 heavy (non-hydrogen) atoms. The molecule has 0 aromatic carbocycles. The Bertz CT molecular complexity index is 221. The molecule has 0 amide bonds. The minimum Gasteiger partial charge on any atom is -0.328 e. The molecule has 0 aliphatic carbocycles. The van der Waals surface area contributed by atoms with Crippen LogP contribution in [0.5, 0.6) is 0 Å². The van der Waals surface area contributed by atoms with Gasteiger partial charge in [-0.3, -0.25) is 0 Å². The van der Waals surface area contributed by atoms with Crippen LogP contribution in [-0.2, 0) is 13.1 Å². The first-order chi connectivity index (χ1) is 9.41. The second-order valence-corrected chi connectivity index (χ2v) is 7.70. The van der Waals surface area contributed by atoms with E-state index < -0.39 is 25.8 Å². The van der Waals surface area contributed by atoms with E-state index in [1.807, 2.05) is 0 Å². The Morgan fingerprint density at radius 3 is 2.00 bits per heavy atom. The van der Waals surface area contributed by atoms with E-state index in [1.54, 1.807) is 0 Å². The third-order valence-electron chi connectivity index (χ3n) is 2.41. The van der Waals surface area contributed by atoms with E-state index in [2.05, 4.69) is 22.5 Å². The SMILES string of the molecule is CC(C)CCCCCCCOP(O)OP(O)OP(O)O. The van der Waals surface area contributed by atoms with Crippen LogP contribution in [0.1, 0.15) is 52.4 Å². The maximum Gasteiger partial charge on any atom is 0.344 e. The van der Waals surface area contributed by atoms with Crippen LogP contribution in [0.4, 0.5) is 0 Å². The Morgan fingerprint density at radius 1 is 0.800 bits per heavy atom. The standard InChI is InChI=1S/C10H25O7P3/c1-10(2)8-6-4-3-5-7-9-15-19(13)17-20(14)16-18(11)12/h10-14H,3-9H2,1-2H3. The summed E-state index contributed by atoms with van der Waals surface area (Å²) in [7, 11) is -7.46. The summed E-state index contributed by atoms with van der Waals surface area (Å²) < 4.78 is 13.6. The van der Waals surface area contributed by atoms with E-state index in [-0.39, 0.29) is 0 Å². The lowest BCUT2D eigenvalue weighted by Gasteiger charge is -2.13. The highest BCUT2D eigenvalue weighted by Gasteiger charge is 2.19. The molecule has 2 unspecified atom stereocenters. The molecule has 0 rings (SSSR count). The minimum absolute atomic E-state index is 0.336. The van der Waals surface area contributed by atoms with Gasteiger partial charge < -0.3 is 24.1 Å². The molecule has 0 fully saturated rings. The van der Waals surface area contributed by atoms with Gasteiger partial charge in [0.05, 0.1) is 6.61 Å². The molecule has 4 N–H and O–H groups in total. The Hall–Kier alpha value is 1.01. The molecule has 7 nitrogen and oxygen atoms in total. The third kappa shape index (κ3) is 15.4. The van der Waals surface area contributed by atoms with Crippen LogP contribution in [0.15, 0.2) is 0 Å². The molecule has 0 radical (unpaired) electrons. The van der Waals surface area contributed by atoms with Crippen molar-refractivity contribution in [2.24, 2.45) is 5.92 Å². The summed E-state index contributed by atoms with van der Waals surface area (Å²) in [5.74, 6) is 0.753. The van der Waals surface area contributed by atoms with Crippen LogP contribution in [-0.4, -0.2) is 26.2 Å². The summed E-state index contributed by atoms with van der Waals surface area (Å²) in [5, 5.41) is 0. The Kier molecular flexibility index (Phi) is 14.3. The average Bonchev–Trinajstić information content (AvgIpc) is 2.30. The highest BCUT2D eigenvalue weighted by molar-refractivity contribution is 7.60. The lowest BCUT2D eigenvalue weighted by atomic mass is 10.0. The summed E-state index contributed by atoms with van der Waals surface area (Å²) in [4.78, 5) is 35.2. The molecule has 0 saturated carbocycles. The average molecular weight is 350 g/mol. The Morgan fingerprint density at radius 2 is 1.40 bits per heavy atom. The van der Waals surface area contributed by atoms with E-state index >= 15 is 0 Å². The largest absolute Gasteiger partial charge is 0.344 e. The lowest BCUT2D eigenvalue weighted by molar-refractivity contribution is 0.240.